The molecule has 0 unspecified atom stereocenters. The number of thioether (sulfide) groups is 1. The number of alkyl halides is 3. The fraction of sp³-hybridized carbons (Fsp3) is 0.118. The Bertz CT molecular complexity index is 866. The Hall–Kier alpha value is -2.21. The number of aldehydes is 1. The zero-order chi connectivity index (χ0) is 16.6. The molecule has 0 spiro atoms. The Morgan fingerprint density at radius 1 is 1.09 bits per heavy atom. The Morgan fingerprint density at radius 3 is 2.35 bits per heavy atom. The van der Waals surface area contributed by atoms with Gasteiger partial charge in [0.05, 0.1) is 16.8 Å². The van der Waals surface area contributed by atoms with E-state index in [4.69, 9.17) is 0 Å². The van der Waals surface area contributed by atoms with E-state index >= 15 is 0 Å². The molecule has 0 aliphatic heterocycles. The van der Waals surface area contributed by atoms with E-state index in [-0.39, 0.29) is 16.5 Å². The first-order chi connectivity index (χ1) is 11.0. The molecule has 0 saturated carbocycles. The fourth-order valence-electron chi connectivity index (χ4n) is 2.58. The summed E-state index contributed by atoms with van der Waals surface area (Å²) in [7, 11) is 0. The maximum Gasteiger partial charge on any atom is 0.418 e. The Balaban J connectivity index is 2.26. The van der Waals surface area contributed by atoms with Crippen molar-refractivity contribution < 1.29 is 18.0 Å². The summed E-state index contributed by atoms with van der Waals surface area (Å²) in [4.78, 5) is 15.3. The van der Waals surface area contributed by atoms with Crippen molar-refractivity contribution in [3.63, 3.8) is 0 Å². The average Bonchev–Trinajstić information content (AvgIpc) is 2.92. The van der Waals surface area contributed by atoms with E-state index in [0.717, 1.165) is 11.0 Å². The highest BCUT2D eigenvalue weighted by molar-refractivity contribution is 7.98. The number of H-pyrrole nitrogens is 1. The van der Waals surface area contributed by atoms with Gasteiger partial charge in [-0.1, -0.05) is 24.3 Å². The molecular formula is C17H12F3NOS. The summed E-state index contributed by atoms with van der Waals surface area (Å²) in [6.07, 6.45) is -1.95. The van der Waals surface area contributed by atoms with Gasteiger partial charge in [-0.15, -0.1) is 11.8 Å². The number of hydrogen-bond donors (Lipinski definition) is 1. The molecule has 0 amide bonds. The largest absolute Gasteiger partial charge is 0.418 e. The number of rotatable bonds is 3. The standard InChI is InChI=1S/C17H12F3NOS/c1-23-11-7-5-10(6-8-11)15-13(9-22)12-3-2-4-14(16(12)21-15)17(18,19)20/h2-9,21H,1H3. The lowest BCUT2D eigenvalue weighted by Crippen LogP contribution is -2.05. The van der Waals surface area contributed by atoms with E-state index in [2.05, 4.69) is 4.98 Å². The molecule has 0 bridgehead atoms. The molecule has 3 rings (SSSR count). The molecule has 2 aromatic carbocycles. The minimum atomic E-state index is -4.48. The maximum atomic E-state index is 13.2. The van der Waals surface area contributed by atoms with Gasteiger partial charge in [0, 0.05) is 15.8 Å². The van der Waals surface area contributed by atoms with Gasteiger partial charge in [-0.3, -0.25) is 4.79 Å². The van der Waals surface area contributed by atoms with Gasteiger partial charge in [0.2, 0.25) is 0 Å². The third-order valence-electron chi connectivity index (χ3n) is 3.68. The summed E-state index contributed by atoms with van der Waals surface area (Å²) >= 11 is 1.56. The van der Waals surface area contributed by atoms with Crippen molar-refractivity contribution in [3.8, 4) is 11.3 Å². The Morgan fingerprint density at radius 2 is 1.78 bits per heavy atom. The van der Waals surface area contributed by atoms with Crippen LogP contribution < -0.4 is 0 Å². The summed E-state index contributed by atoms with van der Waals surface area (Å²) < 4.78 is 39.5. The average molecular weight is 335 g/mol. The molecule has 1 N–H and O–H groups in total. The molecule has 3 aromatic rings. The van der Waals surface area contributed by atoms with Crippen molar-refractivity contribution in [2.45, 2.75) is 11.1 Å². The number of hydrogen-bond acceptors (Lipinski definition) is 2. The molecule has 23 heavy (non-hydrogen) atoms. The van der Waals surface area contributed by atoms with Crippen LogP contribution in [-0.4, -0.2) is 17.5 Å². The van der Waals surface area contributed by atoms with Crippen LogP contribution in [-0.2, 0) is 6.18 Å². The minimum Gasteiger partial charge on any atom is -0.353 e. The summed E-state index contributed by atoms with van der Waals surface area (Å²) in [6, 6.07) is 11.1. The highest BCUT2D eigenvalue weighted by Crippen LogP contribution is 2.38. The molecule has 0 atom stereocenters. The van der Waals surface area contributed by atoms with Crippen LogP contribution in [0.3, 0.4) is 0 Å². The van der Waals surface area contributed by atoms with Crippen LogP contribution in [0.2, 0.25) is 0 Å². The van der Waals surface area contributed by atoms with E-state index in [1.165, 1.54) is 12.1 Å². The number of nitrogens with one attached hydrogen (secondary N) is 1. The predicted molar refractivity (Wildman–Crippen MR) is 85.9 cm³/mol. The highest BCUT2D eigenvalue weighted by Gasteiger charge is 2.33. The van der Waals surface area contributed by atoms with Crippen LogP contribution in [0, 0.1) is 0 Å². The first-order valence-electron chi connectivity index (χ1n) is 6.77. The smallest absolute Gasteiger partial charge is 0.353 e. The van der Waals surface area contributed by atoms with Crippen molar-refractivity contribution in [2.75, 3.05) is 6.26 Å². The molecule has 0 aliphatic carbocycles. The van der Waals surface area contributed by atoms with Gasteiger partial charge in [-0.25, -0.2) is 0 Å². The maximum absolute atomic E-state index is 13.2. The second-order valence-electron chi connectivity index (χ2n) is 4.99. The number of halogens is 3. The second kappa shape index (κ2) is 5.77. The molecular weight excluding hydrogens is 323 g/mol. The lowest BCUT2D eigenvalue weighted by atomic mass is 10.0. The van der Waals surface area contributed by atoms with Gasteiger partial charge in [0.25, 0.3) is 0 Å². The van der Waals surface area contributed by atoms with E-state index < -0.39 is 11.7 Å². The number of aromatic amines is 1. The second-order valence-corrected chi connectivity index (χ2v) is 5.87. The van der Waals surface area contributed by atoms with Crippen LogP contribution in [0.15, 0.2) is 47.4 Å². The molecule has 1 heterocycles. The SMILES string of the molecule is CSc1ccc(-c2[nH]c3c(C(F)(F)F)cccc3c2C=O)cc1. The van der Waals surface area contributed by atoms with Gasteiger partial charge >= 0.3 is 6.18 Å². The number of carbonyl (C=O) groups is 1. The first kappa shape index (κ1) is 15.7. The molecule has 1 aromatic heterocycles. The molecule has 0 aliphatic rings. The third-order valence-corrected chi connectivity index (χ3v) is 4.42. The van der Waals surface area contributed by atoms with Gasteiger partial charge in [0.1, 0.15) is 0 Å². The van der Waals surface area contributed by atoms with Gasteiger partial charge in [-0.2, -0.15) is 13.2 Å². The van der Waals surface area contributed by atoms with Crippen molar-refractivity contribution in [1.29, 1.82) is 0 Å². The van der Waals surface area contributed by atoms with Crippen molar-refractivity contribution >= 4 is 29.0 Å². The quantitative estimate of drug-likeness (QED) is 0.514. The number of carbonyl (C=O) groups excluding carboxylic acids is 1. The Kier molecular flexibility index (Phi) is 3.93. The first-order valence-corrected chi connectivity index (χ1v) is 7.99. The van der Waals surface area contributed by atoms with Gasteiger partial charge in [-0.05, 0) is 30.0 Å². The van der Waals surface area contributed by atoms with E-state index in [9.17, 15) is 18.0 Å². The van der Waals surface area contributed by atoms with E-state index in [1.54, 1.807) is 23.9 Å². The van der Waals surface area contributed by atoms with Crippen molar-refractivity contribution in [2.24, 2.45) is 0 Å². The van der Waals surface area contributed by atoms with E-state index in [0.29, 0.717) is 17.5 Å². The van der Waals surface area contributed by atoms with Crippen LogP contribution >= 0.6 is 11.8 Å². The monoisotopic (exact) mass is 335 g/mol. The van der Waals surface area contributed by atoms with Crippen LogP contribution in [0.25, 0.3) is 22.2 Å². The predicted octanol–water partition coefficient (Wildman–Crippen LogP) is 5.39. The summed E-state index contributed by atoms with van der Waals surface area (Å²) in [5, 5.41) is 0.277. The van der Waals surface area contributed by atoms with Crippen LogP contribution in [0.5, 0.6) is 0 Å². The molecule has 0 radical (unpaired) electrons. The summed E-state index contributed by atoms with van der Waals surface area (Å²) in [5.41, 5.74) is 0.479. The van der Waals surface area contributed by atoms with Crippen molar-refractivity contribution in [3.05, 3.63) is 53.6 Å². The number of para-hydroxylation sites is 1. The highest BCUT2D eigenvalue weighted by atomic mass is 32.2. The topological polar surface area (TPSA) is 32.9 Å². The summed E-state index contributed by atoms with van der Waals surface area (Å²) in [5.74, 6) is 0. The van der Waals surface area contributed by atoms with Gasteiger partial charge < -0.3 is 4.98 Å². The van der Waals surface area contributed by atoms with E-state index in [1.807, 2.05) is 18.4 Å². The number of aromatic nitrogens is 1. The molecule has 6 heteroatoms. The lowest BCUT2D eigenvalue weighted by Gasteiger charge is -2.07. The van der Waals surface area contributed by atoms with Crippen molar-refractivity contribution in [1.82, 2.24) is 4.98 Å². The number of benzene rings is 2. The van der Waals surface area contributed by atoms with Crippen LogP contribution in [0.4, 0.5) is 13.2 Å². The molecule has 118 valence electrons. The van der Waals surface area contributed by atoms with Crippen LogP contribution in [0.1, 0.15) is 15.9 Å². The normalized spacial score (nSPS) is 11.8. The van der Waals surface area contributed by atoms with Gasteiger partial charge in [0.15, 0.2) is 6.29 Å². The number of fused-ring (bicyclic) bond motifs is 1. The molecule has 0 fully saturated rings. The molecule has 0 saturated heterocycles. The fourth-order valence-corrected chi connectivity index (χ4v) is 2.99. The zero-order valence-corrected chi connectivity index (χ0v) is 12.9. The summed E-state index contributed by atoms with van der Waals surface area (Å²) in [6.45, 7) is 0. The molecule has 2 nitrogen and oxygen atoms in total. The lowest BCUT2D eigenvalue weighted by molar-refractivity contribution is -0.136. The zero-order valence-electron chi connectivity index (χ0n) is 12.1. The third kappa shape index (κ3) is 2.74. The minimum absolute atomic E-state index is 0.0638. The Labute approximate surface area is 134 Å².